The molecule has 0 radical (unpaired) electrons. The lowest BCUT2D eigenvalue weighted by atomic mass is 9.96. The Morgan fingerprint density at radius 2 is 1.78 bits per heavy atom. The molecule has 3 heterocycles. The zero-order valence-electron chi connectivity index (χ0n) is 20.1. The molecule has 0 saturated heterocycles. The third kappa shape index (κ3) is 3.71. The average molecular weight is 500 g/mol. The molecule has 7 nitrogen and oxygen atoms in total. The summed E-state index contributed by atoms with van der Waals surface area (Å²) in [6.45, 7) is 7.57. The number of aryl methyl sites for hydroxylation is 2. The van der Waals surface area contributed by atoms with Crippen LogP contribution in [0.1, 0.15) is 51.7 Å². The predicted molar refractivity (Wildman–Crippen MR) is 135 cm³/mol. The highest BCUT2D eigenvalue weighted by Crippen LogP contribution is 2.40. The molecule has 1 aliphatic rings. The molecule has 1 aliphatic heterocycles. The van der Waals surface area contributed by atoms with Crippen molar-refractivity contribution in [1.82, 2.24) is 14.8 Å². The maximum atomic E-state index is 13.8. The first-order chi connectivity index (χ1) is 17.2. The zero-order chi connectivity index (χ0) is 25.7. The zero-order valence-corrected chi connectivity index (χ0v) is 20.9. The molecule has 4 aromatic rings. The Labute approximate surface area is 211 Å². The van der Waals surface area contributed by atoms with Crippen LogP contribution in [0.25, 0.3) is 16.1 Å². The monoisotopic (exact) mass is 499 g/mol. The number of fused-ring (bicyclic) bond motifs is 3. The minimum absolute atomic E-state index is 0.0115. The lowest BCUT2D eigenvalue weighted by molar-refractivity contribution is -0.141. The van der Waals surface area contributed by atoms with E-state index in [4.69, 9.17) is 4.99 Å². The van der Waals surface area contributed by atoms with E-state index in [2.05, 4.69) is 10.2 Å². The highest BCUT2D eigenvalue weighted by molar-refractivity contribution is 7.15. The molecule has 0 spiro atoms. The molecule has 1 unspecified atom stereocenters. The van der Waals surface area contributed by atoms with E-state index in [-0.39, 0.29) is 5.56 Å². The van der Waals surface area contributed by atoms with Crippen molar-refractivity contribution >= 4 is 23.0 Å². The van der Waals surface area contributed by atoms with Crippen LogP contribution in [0.3, 0.4) is 0 Å². The minimum atomic E-state index is -0.964. The van der Waals surface area contributed by atoms with E-state index in [0.29, 0.717) is 17.4 Å². The smallest absolute Gasteiger partial charge is 0.308 e. The first kappa shape index (κ1) is 23.6. The fourth-order valence-corrected chi connectivity index (χ4v) is 5.64. The molecule has 2 aromatic carbocycles. The minimum Gasteiger partial charge on any atom is -0.481 e. The van der Waals surface area contributed by atoms with Gasteiger partial charge in [-0.2, -0.15) is 5.26 Å². The number of thiophene rings is 1. The van der Waals surface area contributed by atoms with Crippen molar-refractivity contribution in [3.63, 3.8) is 0 Å². The van der Waals surface area contributed by atoms with Crippen LogP contribution in [-0.2, 0) is 4.79 Å². The van der Waals surface area contributed by atoms with E-state index in [1.807, 2.05) is 55.7 Å². The number of hydrogen-bond acceptors (Lipinski definition) is 6. The molecular weight excluding hydrogens is 477 g/mol. The third-order valence-corrected chi connectivity index (χ3v) is 7.82. The Kier molecular flexibility index (Phi) is 5.77. The van der Waals surface area contributed by atoms with Gasteiger partial charge in [-0.3, -0.25) is 14.4 Å². The fraction of sp³-hybridized carbons (Fsp3) is 0.222. The Bertz CT molecular complexity index is 1590. The van der Waals surface area contributed by atoms with E-state index in [0.717, 1.165) is 37.7 Å². The summed E-state index contributed by atoms with van der Waals surface area (Å²) in [6.07, 6.45) is 0. The topological polar surface area (TPSA) is 104 Å². The molecule has 36 heavy (non-hydrogen) atoms. The van der Waals surface area contributed by atoms with Crippen molar-refractivity contribution in [2.75, 3.05) is 0 Å². The number of carboxylic acid groups (broad SMARTS) is 1. The van der Waals surface area contributed by atoms with Crippen LogP contribution in [0, 0.1) is 43.8 Å². The van der Waals surface area contributed by atoms with E-state index in [1.54, 1.807) is 24.3 Å². The number of aliphatic imine (C=N–C) groups is 1. The number of aliphatic carboxylic acids is 1. The number of aromatic nitrogens is 3. The summed E-state index contributed by atoms with van der Waals surface area (Å²) in [5.74, 6) is -1.16. The summed E-state index contributed by atoms with van der Waals surface area (Å²) in [6, 6.07) is 13.2. The first-order valence-electron chi connectivity index (χ1n) is 11.3. The van der Waals surface area contributed by atoms with Gasteiger partial charge in [0.25, 0.3) is 0 Å². The molecule has 1 N–H and O–H groups in total. The number of rotatable bonds is 4. The number of nitrogens with zero attached hydrogens (tertiary/aromatic N) is 5. The van der Waals surface area contributed by atoms with E-state index >= 15 is 0 Å². The molecule has 2 atom stereocenters. The number of hydrogen-bond donors (Lipinski definition) is 1. The first-order valence-corrected chi connectivity index (χ1v) is 12.2. The third-order valence-electron chi connectivity index (χ3n) is 6.63. The van der Waals surface area contributed by atoms with Gasteiger partial charge in [-0.05, 0) is 56.5 Å². The number of carboxylic acids is 1. The van der Waals surface area contributed by atoms with E-state index in [9.17, 15) is 19.6 Å². The molecule has 0 saturated carbocycles. The maximum absolute atomic E-state index is 13.8. The normalized spacial score (nSPS) is 15.3. The molecule has 0 fully saturated rings. The quantitative estimate of drug-likeness (QED) is 0.397. The second-order valence-corrected chi connectivity index (χ2v) is 10.0. The summed E-state index contributed by atoms with van der Waals surface area (Å²) in [4.78, 5) is 18.1. The number of benzene rings is 2. The van der Waals surface area contributed by atoms with Gasteiger partial charge in [-0.15, -0.1) is 21.5 Å². The van der Waals surface area contributed by atoms with Crippen LogP contribution in [0.15, 0.2) is 47.5 Å². The van der Waals surface area contributed by atoms with Crippen LogP contribution in [0.2, 0.25) is 0 Å². The van der Waals surface area contributed by atoms with Gasteiger partial charge >= 0.3 is 5.97 Å². The Morgan fingerprint density at radius 3 is 2.44 bits per heavy atom. The Morgan fingerprint density at radius 1 is 1.11 bits per heavy atom. The summed E-state index contributed by atoms with van der Waals surface area (Å²) in [7, 11) is 0. The van der Waals surface area contributed by atoms with Gasteiger partial charge in [0.05, 0.1) is 17.2 Å². The molecule has 2 aromatic heterocycles. The van der Waals surface area contributed by atoms with Gasteiger partial charge in [0.1, 0.15) is 28.8 Å². The SMILES string of the molecule is Cc1sc2c(c1C)C(c1ccc(-c3ccc(F)c(C#N)c3)cc1)=N[C@@H](C(C)C(=O)O)c1nnc(C)n1-2. The van der Waals surface area contributed by atoms with Gasteiger partial charge in [-0.25, -0.2) is 4.39 Å². The molecule has 0 aliphatic carbocycles. The fourth-order valence-electron chi connectivity index (χ4n) is 4.43. The number of nitriles is 1. The Hall–Kier alpha value is -4.16. The molecule has 180 valence electrons. The highest BCUT2D eigenvalue weighted by Gasteiger charge is 2.36. The highest BCUT2D eigenvalue weighted by atomic mass is 32.1. The predicted octanol–water partition coefficient (Wildman–Crippen LogP) is 5.54. The second kappa shape index (κ2) is 8.81. The molecule has 9 heteroatoms. The van der Waals surface area contributed by atoms with Crippen LogP contribution >= 0.6 is 11.3 Å². The van der Waals surface area contributed by atoms with Crippen molar-refractivity contribution < 1.29 is 14.3 Å². The van der Waals surface area contributed by atoms with Crippen LogP contribution in [-0.4, -0.2) is 31.6 Å². The van der Waals surface area contributed by atoms with Crippen molar-refractivity contribution in [1.29, 1.82) is 5.26 Å². The summed E-state index contributed by atoms with van der Waals surface area (Å²) >= 11 is 1.61. The average Bonchev–Trinajstić information content (AvgIpc) is 3.33. The number of carbonyl (C=O) groups is 1. The van der Waals surface area contributed by atoms with Gasteiger partial charge in [-0.1, -0.05) is 30.3 Å². The lowest BCUT2D eigenvalue weighted by Gasteiger charge is -2.16. The summed E-state index contributed by atoms with van der Waals surface area (Å²) < 4.78 is 15.7. The molecule has 0 bridgehead atoms. The molecular formula is C27H22FN5O2S. The van der Waals surface area contributed by atoms with Crippen molar-refractivity contribution in [2.24, 2.45) is 10.9 Å². The van der Waals surface area contributed by atoms with Gasteiger partial charge in [0.2, 0.25) is 0 Å². The maximum Gasteiger partial charge on any atom is 0.308 e. The van der Waals surface area contributed by atoms with Crippen molar-refractivity contribution in [2.45, 2.75) is 33.7 Å². The lowest BCUT2D eigenvalue weighted by Crippen LogP contribution is -2.21. The van der Waals surface area contributed by atoms with Gasteiger partial charge < -0.3 is 5.11 Å². The second-order valence-electron chi connectivity index (χ2n) is 8.84. The molecule has 5 rings (SSSR count). The van der Waals surface area contributed by atoms with E-state index < -0.39 is 23.7 Å². The van der Waals surface area contributed by atoms with Crippen molar-refractivity contribution in [3.05, 3.63) is 87.1 Å². The summed E-state index contributed by atoms with van der Waals surface area (Å²) in [5.41, 5.74) is 5.06. The van der Waals surface area contributed by atoms with E-state index in [1.165, 1.54) is 12.1 Å². The largest absolute Gasteiger partial charge is 0.481 e. The van der Waals surface area contributed by atoms with Crippen LogP contribution < -0.4 is 0 Å². The summed E-state index contributed by atoms with van der Waals surface area (Å²) in [5, 5.41) is 28.5. The van der Waals surface area contributed by atoms with Crippen LogP contribution in [0.4, 0.5) is 4.39 Å². The molecule has 0 amide bonds. The van der Waals surface area contributed by atoms with Crippen molar-refractivity contribution in [3.8, 4) is 22.2 Å². The standard InChI is InChI=1S/C27H22FN5O2S/c1-13-15(3)36-26-22(13)24(30-23(14(2)27(34)35)25-32-31-16(4)33(25)26)18-7-5-17(6-8-18)19-9-10-21(28)20(11-19)12-29/h5-11,14,23H,1-4H3,(H,34,35)/t14?,23-/m0/s1. The van der Waals surface area contributed by atoms with Gasteiger partial charge in [0.15, 0.2) is 5.82 Å². The Balaban J connectivity index is 1.69. The van der Waals surface area contributed by atoms with Gasteiger partial charge in [0, 0.05) is 16.0 Å². The van der Waals surface area contributed by atoms with Crippen LogP contribution in [0.5, 0.6) is 0 Å². The number of halogens is 1.